The van der Waals surface area contributed by atoms with Crippen LogP contribution in [-0.4, -0.2) is 12.1 Å². The van der Waals surface area contributed by atoms with Crippen LogP contribution in [-0.2, 0) is 11.2 Å². The summed E-state index contributed by atoms with van der Waals surface area (Å²) in [7, 11) is 0. The number of fused-ring (bicyclic) bond motifs is 1. The molecule has 2 N–H and O–H groups in total. The Hall–Kier alpha value is -0.860. The minimum atomic E-state index is 0.215. The van der Waals surface area contributed by atoms with Crippen LogP contribution in [0.4, 0.5) is 0 Å². The molecule has 3 rings (SSSR count). The third kappa shape index (κ3) is 2.10. The van der Waals surface area contributed by atoms with Gasteiger partial charge in [0.1, 0.15) is 0 Å². The van der Waals surface area contributed by atoms with Gasteiger partial charge in [0.2, 0.25) is 0 Å². The molecule has 3 atom stereocenters. The SMILES string of the molecule is CCC1(CC)C(N)CC1OC1CCCc2ccccc21. The number of aryl methyl sites for hydroxylation is 1. The molecule has 0 heterocycles. The van der Waals surface area contributed by atoms with E-state index in [0.717, 1.165) is 25.7 Å². The lowest BCUT2D eigenvalue weighted by atomic mass is 9.59. The van der Waals surface area contributed by atoms with Gasteiger partial charge in [-0.3, -0.25) is 0 Å². The van der Waals surface area contributed by atoms with Crippen LogP contribution in [0.1, 0.15) is 63.2 Å². The van der Waals surface area contributed by atoms with E-state index < -0.39 is 0 Å². The topological polar surface area (TPSA) is 35.2 Å². The Morgan fingerprint density at radius 1 is 1.25 bits per heavy atom. The molecule has 1 fully saturated rings. The predicted molar refractivity (Wildman–Crippen MR) is 82.6 cm³/mol. The molecule has 1 aromatic carbocycles. The van der Waals surface area contributed by atoms with Crippen LogP contribution in [0.3, 0.4) is 0 Å². The average molecular weight is 273 g/mol. The maximum atomic E-state index is 6.54. The van der Waals surface area contributed by atoms with Crippen LogP contribution in [0.5, 0.6) is 0 Å². The van der Waals surface area contributed by atoms with Gasteiger partial charge in [0.15, 0.2) is 0 Å². The summed E-state index contributed by atoms with van der Waals surface area (Å²) in [6.07, 6.45) is 7.53. The van der Waals surface area contributed by atoms with Crippen molar-refractivity contribution >= 4 is 0 Å². The maximum absolute atomic E-state index is 6.54. The van der Waals surface area contributed by atoms with Crippen LogP contribution in [0.25, 0.3) is 0 Å². The molecule has 0 aromatic heterocycles. The van der Waals surface area contributed by atoms with Crippen molar-refractivity contribution in [1.29, 1.82) is 0 Å². The largest absolute Gasteiger partial charge is 0.370 e. The third-order valence-corrected chi connectivity index (χ3v) is 5.81. The number of hydrogen-bond acceptors (Lipinski definition) is 2. The number of nitrogens with two attached hydrogens (primary N) is 1. The zero-order valence-electron chi connectivity index (χ0n) is 12.8. The molecule has 3 unspecified atom stereocenters. The molecule has 0 aliphatic heterocycles. The summed E-state index contributed by atoms with van der Waals surface area (Å²) in [5.74, 6) is 0. The molecule has 0 spiro atoms. The Bertz CT molecular complexity index is 466. The highest BCUT2D eigenvalue weighted by Crippen LogP contribution is 2.50. The molecular formula is C18H27NO. The summed E-state index contributed by atoms with van der Waals surface area (Å²) in [5.41, 5.74) is 9.40. The molecule has 0 bridgehead atoms. The summed E-state index contributed by atoms with van der Waals surface area (Å²) in [4.78, 5) is 0. The molecule has 0 radical (unpaired) electrons. The van der Waals surface area contributed by atoms with E-state index in [1.165, 1.54) is 24.0 Å². The monoisotopic (exact) mass is 273 g/mol. The lowest BCUT2D eigenvalue weighted by Crippen LogP contribution is -2.62. The van der Waals surface area contributed by atoms with E-state index in [2.05, 4.69) is 38.1 Å². The van der Waals surface area contributed by atoms with Crippen molar-refractivity contribution in [2.24, 2.45) is 11.1 Å². The molecule has 20 heavy (non-hydrogen) atoms. The highest BCUT2D eigenvalue weighted by molar-refractivity contribution is 5.31. The van der Waals surface area contributed by atoms with E-state index >= 15 is 0 Å². The van der Waals surface area contributed by atoms with E-state index in [1.54, 1.807) is 0 Å². The minimum absolute atomic E-state index is 0.215. The second-order valence-corrected chi connectivity index (χ2v) is 6.49. The van der Waals surface area contributed by atoms with Gasteiger partial charge in [0.25, 0.3) is 0 Å². The van der Waals surface area contributed by atoms with E-state index in [-0.39, 0.29) is 11.5 Å². The minimum Gasteiger partial charge on any atom is -0.370 e. The van der Waals surface area contributed by atoms with Crippen molar-refractivity contribution in [3.63, 3.8) is 0 Å². The summed E-state index contributed by atoms with van der Waals surface area (Å²) in [6, 6.07) is 9.10. The molecule has 110 valence electrons. The second kappa shape index (κ2) is 5.50. The fraction of sp³-hybridized carbons (Fsp3) is 0.667. The fourth-order valence-electron chi connectivity index (χ4n) is 4.25. The van der Waals surface area contributed by atoms with Gasteiger partial charge in [-0.25, -0.2) is 0 Å². The fourth-order valence-corrected chi connectivity index (χ4v) is 4.25. The average Bonchev–Trinajstić information content (AvgIpc) is 2.48. The van der Waals surface area contributed by atoms with E-state index in [4.69, 9.17) is 10.5 Å². The van der Waals surface area contributed by atoms with Gasteiger partial charge >= 0.3 is 0 Å². The zero-order valence-corrected chi connectivity index (χ0v) is 12.8. The highest BCUT2D eigenvalue weighted by atomic mass is 16.5. The van der Waals surface area contributed by atoms with Crippen LogP contribution >= 0.6 is 0 Å². The normalized spacial score (nSPS) is 31.4. The quantitative estimate of drug-likeness (QED) is 0.900. The first-order chi connectivity index (χ1) is 9.71. The van der Waals surface area contributed by atoms with Crippen molar-refractivity contribution in [2.45, 2.75) is 70.6 Å². The number of rotatable bonds is 4. The van der Waals surface area contributed by atoms with Crippen molar-refractivity contribution in [3.05, 3.63) is 35.4 Å². The molecule has 1 aromatic rings. The van der Waals surface area contributed by atoms with E-state index in [1.807, 2.05) is 0 Å². The maximum Gasteiger partial charge on any atom is 0.0831 e. The molecule has 1 saturated carbocycles. The lowest BCUT2D eigenvalue weighted by molar-refractivity contribution is -0.163. The first-order valence-corrected chi connectivity index (χ1v) is 8.20. The summed E-state index contributed by atoms with van der Waals surface area (Å²) in [5, 5.41) is 0. The Balaban J connectivity index is 1.77. The van der Waals surface area contributed by atoms with Crippen LogP contribution in [0.15, 0.2) is 24.3 Å². The highest BCUT2D eigenvalue weighted by Gasteiger charge is 2.52. The lowest BCUT2D eigenvalue weighted by Gasteiger charge is -2.55. The Morgan fingerprint density at radius 2 is 2.00 bits per heavy atom. The van der Waals surface area contributed by atoms with Crippen molar-refractivity contribution in [3.8, 4) is 0 Å². The summed E-state index contributed by atoms with van der Waals surface area (Å²) >= 11 is 0. The van der Waals surface area contributed by atoms with Crippen molar-refractivity contribution < 1.29 is 4.74 Å². The van der Waals surface area contributed by atoms with Gasteiger partial charge in [-0.15, -0.1) is 0 Å². The molecule has 2 aliphatic carbocycles. The third-order valence-electron chi connectivity index (χ3n) is 5.81. The molecule has 2 aliphatic rings. The van der Waals surface area contributed by atoms with Gasteiger partial charge in [-0.05, 0) is 49.7 Å². The molecule has 2 nitrogen and oxygen atoms in total. The predicted octanol–water partition coefficient (Wildman–Crippen LogP) is 3.99. The zero-order chi connectivity index (χ0) is 14.2. The van der Waals surface area contributed by atoms with Gasteiger partial charge in [-0.2, -0.15) is 0 Å². The van der Waals surface area contributed by atoms with Gasteiger partial charge < -0.3 is 10.5 Å². The second-order valence-electron chi connectivity index (χ2n) is 6.49. The van der Waals surface area contributed by atoms with Gasteiger partial charge in [-0.1, -0.05) is 38.1 Å². The number of ether oxygens (including phenoxy) is 1. The van der Waals surface area contributed by atoms with E-state index in [0.29, 0.717) is 12.1 Å². The number of benzene rings is 1. The molecule has 2 heteroatoms. The summed E-state index contributed by atoms with van der Waals surface area (Å²) < 4.78 is 6.54. The first kappa shape index (κ1) is 14.1. The standard InChI is InChI=1S/C18H27NO/c1-3-18(4-2)16(19)12-17(18)20-15-11-7-9-13-8-5-6-10-14(13)15/h5-6,8,10,15-17H,3-4,7,9,11-12,19H2,1-2H3. The van der Waals surface area contributed by atoms with Crippen LogP contribution in [0, 0.1) is 5.41 Å². The van der Waals surface area contributed by atoms with Gasteiger partial charge in [0.05, 0.1) is 12.2 Å². The Kier molecular flexibility index (Phi) is 3.87. The Morgan fingerprint density at radius 3 is 2.70 bits per heavy atom. The van der Waals surface area contributed by atoms with Crippen molar-refractivity contribution in [2.75, 3.05) is 0 Å². The number of hydrogen-bond donors (Lipinski definition) is 1. The van der Waals surface area contributed by atoms with Gasteiger partial charge in [0, 0.05) is 11.5 Å². The molecule has 0 amide bonds. The molecule has 0 saturated heterocycles. The Labute approximate surface area is 122 Å². The van der Waals surface area contributed by atoms with Crippen LogP contribution in [0.2, 0.25) is 0 Å². The van der Waals surface area contributed by atoms with Crippen LogP contribution < -0.4 is 5.73 Å². The first-order valence-electron chi connectivity index (χ1n) is 8.20. The van der Waals surface area contributed by atoms with E-state index in [9.17, 15) is 0 Å². The summed E-state index contributed by atoms with van der Waals surface area (Å²) in [6.45, 7) is 4.52. The van der Waals surface area contributed by atoms with Crippen molar-refractivity contribution in [1.82, 2.24) is 0 Å². The molecular weight excluding hydrogens is 246 g/mol. The smallest absolute Gasteiger partial charge is 0.0831 e.